The monoisotopic (exact) mass is 541 g/mol. The van der Waals surface area contributed by atoms with Gasteiger partial charge in [-0.3, -0.25) is 4.79 Å². The van der Waals surface area contributed by atoms with Crippen LogP contribution in [0.3, 0.4) is 0 Å². The van der Waals surface area contributed by atoms with Crippen LogP contribution in [0.4, 0.5) is 0 Å². The molecule has 0 aromatic heterocycles. The minimum absolute atomic E-state index is 0.181. The number of allylic oxidation sites excluding steroid dienone is 4. The van der Waals surface area contributed by atoms with E-state index >= 15 is 0 Å². The molecule has 0 atom stereocenters. The maximum atomic E-state index is 13.3. The quantitative estimate of drug-likeness (QED) is 0.437. The average molecular weight is 542 g/mol. The van der Waals surface area contributed by atoms with Gasteiger partial charge in [-0.15, -0.1) is 0 Å². The second-order valence-electron chi connectivity index (χ2n) is 7.78. The summed E-state index contributed by atoms with van der Waals surface area (Å²) in [4.78, 5) is 10.8. The molecular formula is C25H19NO7S3. The van der Waals surface area contributed by atoms with Crippen molar-refractivity contribution in [1.29, 1.82) is 0 Å². The highest BCUT2D eigenvalue weighted by Gasteiger charge is 2.38. The second kappa shape index (κ2) is 9.41. The molecule has 0 unspecified atom stereocenters. The molecule has 3 aromatic carbocycles. The zero-order chi connectivity index (χ0) is 26.1. The summed E-state index contributed by atoms with van der Waals surface area (Å²) in [7, 11) is -13.4. The SMILES string of the molecule is Cc1ccc(S(=O)(=O)N=C2C=C(S(=O)(=O)c3ccccc3)C(=O)C(S(=O)(=O)c3ccccc3)=C2)cc1. The minimum atomic E-state index is -4.51. The van der Waals surface area contributed by atoms with Crippen molar-refractivity contribution in [2.45, 2.75) is 21.6 Å². The first-order chi connectivity index (χ1) is 16.9. The lowest BCUT2D eigenvalue weighted by atomic mass is 10.1. The highest BCUT2D eigenvalue weighted by molar-refractivity contribution is 7.98. The molecule has 0 spiro atoms. The van der Waals surface area contributed by atoms with Gasteiger partial charge in [0.05, 0.1) is 20.4 Å². The van der Waals surface area contributed by atoms with E-state index < -0.39 is 51.0 Å². The fraction of sp³-hybridized carbons (Fsp3) is 0.0400. The van der Waals surface area contributed by atoms with Crippen LogP contribution in [-0.4, -0.2) is 36.7 Å². The number of ketones is 1. The molecule has 36 heavy (non-hydrogen) atoms. The normalized spacial score (nSPS) is 14.7. The number of hydrogen-bond donors (Lipinski definition) is 0. The van der Waals surface area contributed by atoms with Gasteiger partial charge in [-0.25, -0.2) is 16.8 Å². The van der Waals surface area contributed by atoms with Gasteiger partial charge in [-0.2, -0.15) is 12.8 Å². The van der Waals surface area contributed by atoms with E-state index in [-0.39, 0.29) is 14.7 Å². The van der Waals surface area contributed by atoms with E-state index in [0.717, 1.165) is 17.7 Å². The Morgan fingerprint density at radius 1 is 0.556 bits per heavy atom. The molecule has 0 heterocycles. The number of aryl methyl sites for hydroxylation is 1. The van der Waals surface area contributed by atoms with Gasteiger partial charge in [-0.1, -0.05) is 54.1 Å². The molecule has 0 radical (unpaired) electrons. The Balaban J connectivity index is 1.94. The van der Waals surface area contributed by atoms with E-state index in [4.69, 9.17) is 0 Å². The second-order valence-corrected chi connectivity index (χ2v) is 13.2. The van der Waals surface area contributed by atoms with Gasteiger partial charge in [0.15, 0.2) is 0 Å². The number of benzene rings is 3. The largest absolute Gasteiger partial charge is 0.287 e. The van der Waals surface area contributed by atoms with Gasteiger partial charge >= 0.3 is 0 Å². The maximum absolute atomic E-state index is 13.3. The van der Waals surface area contributed by atoms with Crippen LogP contribution in [0.2, 0.25) is 0 Å². The zero-order valence-corrected chi connectivity index (χ0v) is 21.2. The lowest BCUT2D eigenvalue weighted by molar-refractivity contribution is -0.111. The highest BCUT2D eigenvalue weighted by Crippen LogP contribution is 2.31. The predicted octanol–water partition coefficient (Wildman–Crippen LogP) is 3.42. The molecule has 184 valence electrons. The van der Waals surface area contributed by atoms with Crippen LogP contribution in [0.25, 0.3) is 0 Å². The van der Waals surface area contributed by atoms with Crippen LogP contribution in [0.1, 0.15) is 5.56 Å². The Morgan fingerprint density at radius 3 is 1.39 bits per heavy atom. The first-order valence-corrected chi connectivity index (χ1v) is 14.8. The van der Waals surface area contributed by atoms with Crippen LogP contribution < -0.4 is 0 Å². The summed E-state index contributed by atoms with van der Waals surface area (Å²) >= 11 is 0. The minimum Gasteiger partial charge on any atom is -0.287 e. The van der Waals surface area contributed by atoms with Crippen molar-refractivity contribution in [2.24, 2.45) is 4.40 Å². The number of hydrogen-bond acceptors (Lipinski definition) is 7. The fourth-order valence-corrected chi connectivity index (χ4v) is 7.20. The molecule has 1 aliphatic carbocycles. The maximum Gasteiger partial charge on any atom is 0.282 e. The number of nitrogens with zero attached hydrogens (tertiary/aromatic N) is 1. The van der Waals surface area contributed by atoms with Crippen LogP contribution >= 0.6 is 0 Å². The van der Waals surface area contributed by atoms with Gasteiger partial charge in [0.25, 0.3) is 10.0 Å². The molecule has 0 amide bonds. The van der Waals surface area contributed by atoms with Crippen molar-refractivity contribution in [1.82, 2.24) is 0 Å². The third-order valence-corrected chi connectivity index (χ3v) is 10.1. The molecule has 0 saturated carbocycles. The van der Waals surface area contributed by atoms with Gasteiger partial charge in [0.2, 0.25) is 25.5 Å². The number of rotatable bonds is 6. The summed E-state index contributed by atoms with van der Waals surface area (Å²) in [5.74, 6) is -1.28. The summed E-state index contributed by atoms with van der Waals surface area (Å²) in [6, 6.07) is 19.6. The Kier molecular flexibility index (Phi) is 6.65. The Bertz CT molecular complexity index is 1660. The zero-order valence-electron chi connectivity index (χ0n) is 18.8. The van der Waals surface area contributed by atoms with E-state index in [1.807, 2.05) is 0 Å². The van der Waals surface area contributed by atoms with Gasteiger partial charge in [-0.05, 0) is 55.5 Å². The third-order valence-electron chi connectivity index (χ3n) is 5.24. The number of Topliss-reactive ketones (excluding diaryl/α,β-unsaturated/α-hetero) is 1. The fourth-order valence-electron chi connectivity index (χ4n) is 3.37. The molecule has 0 saturated heterocycles. The lowest BCUT2D eigenvalue weighted by Crippen LogP contribution is -2.25. The molecule has 0 aliphatic heterocycles. The Labute approximate surface area is 209 Å². The Hall–Kier alpha value is -3.67. The smallest absolute Gasteiger partial charge is 0.282 e. The summed E-state index contributed by atoms with van der Waals surface area (Å²) < 4.78 is 82.7. The van der Waals surface area contributed by atoms with Crippen molar-refractivity contribution in [3.05, 3.63) is 112 Å². The highest BCUT2D eigenvalue weighted by atomic mass is 32.2. The molecule has 4 rings (SSSR count). The van der Waals surface area contributed by atoms with Crippen LogP contribution in [0.5, 0.6) is 0 Å². The van der Waals surface area contributed by atoms with E-state index in [9.17, 15) is 30.0 Å². The average Bonchev–Trinajstić information content (AvgIpc) is 2.86. The summed E-state index contributed by atoms with van der Waals surface area (Å²) in [6.45, 7) is 1.77. The topological polar surface area (TPSA) is 132 Å². The predicted molar refractivity (Wildman–Crippen MR) is 134 cm³/mol. The van der Waals surface area contributed by atoms with Crippen molar-refractivity contribution in [3.63, 3.8) is 0 Å². The van der Waals surface area contributed by atoms with Gasteiger partial charge in [0.1, 0.15) is 9.81 Å². The summed E-state index contributed by atoms with van der Waals surface area (Å²) in [6.07, 6.45) is 1.56. The Morgan fingerprint density at radius 2 is 0.972 bits per heavy atom. The van der Waals surface area contributed by atoms with Crippen molar-refractivity contribution in [3.8, 4) is 0 Å². The first kappa shape index (κ1) is 25.4. The summed E-state index contributed by atoms with van der Waals surface area (Å²) in [5.41, 5.74) is 0.288. The lowest BCUT2D eigenvalue weighted by Gasteiger charge is -2.16. The molecule has 1 aliphatic rings. The van der Waals surface area contributed by atoms with Crippen LogP contribution in [0.15, 0.2) is 126 Å². The molecule has 0 fully saturated rings. The molecule has 3 aromatic rings. The molecule has 8 nitrogen and oxygen atoms in total. The van der Waals surface area contributed by atoms with Gasteiger partial charge in [0, 0.05) is 0 Å². The van der Waals surface area contributed by atoms with Crippen molar-refractivity contribution >= 4 is 41.2 Å². The van der Waals surface area contributed by atoms with Crippen molar-refractivity contribution < 1.29 is 30.0 Å². The number of sulfone groups is 2. The summed E-state index contributed by atoms with van der Waals surface area (Å²) in [5, 5.41) is 0. The van der Waals surface area contributed by atoms with E-state index in [1.54, 1.807) is 31.2 Å². The van der Waals surface area contributed by atoms with E-state index in [1.165, 1.54) is 60.7 Å². The third kappa shape index (κ3) is 4.85. The standard InChI is InChI=1S/C25H19NO7S3/c1-18-12-14-22(15-13-18)36(32,33)26-19-16-23(34(28,29)20-8-4-2-5-9-20)25(27)24(17-19)35(30,31)21-10-6-3-7-11-21/h2-17H,1H3. The number of carbonyl (C=O) groups is 1. The van der Waals surface area contributed by atoms with Crippen LogP contribution in [-0.2, 0) is 34.5 Å². The first-order valence-electron chi connectivity index (χ1n) is 10.4. The van der Waals surface area contributed by atoms with E-state index in [2.05, 4.69) is 4.40 Å². The number of carbonyl (C=O) groups excluding carboxylic acids is 1. The molecule has 0 bridgehead atoms. The molecular weight excluding hydrogens is 522 g/mol. The van der Waals surface area contributed by atoms with Crippen LogP contribution in [0, 0.1) is 6.92 Å². The van der Waals surface area contributed by atoms with E-state index in [0.29, 0.717) is 0 Å². The van der Waals surface area contributed by atoms with Crippen molar-refractivity contribution in [2.75, 3.05) is 0 Å². The van der Waals surface area contributed by atoms with Gasteiger partial charge < -0.3 is 0 Å². The molecule has 11 heteroatoms. The molecule has 0 N–H and O–H groups in total. The number of sulfonamides is 1.